The Kier molecular flexibility index (Phi) is 10.5. The molecule has 2 heterocycles. The highest BCUT2D eigenvalue weighted by Crippen LogP contribution is 2.24. The van der Waals surface area contributed by atoms with E-state index in [2.05, 4.69) is 15.6 Å². The molecule has 0 aliphatic carbocycles. The number of hydrogen-bond acceptors (Lipinski definition) is 8. The summed E-state index contributed by atoms with van der Waals surface area (Å²) in [7, 11) is 0. The third-order valence-corrected chi connectivity index (χ3v) is 6.50. The van der Waals surface area contributed by atoms with Gasteiger partial charge in [-0.3, -0.25) is 4.79 Å². The number of nitrogens with zero attached hydrogens (tertiary/aromatic N) is 5. The molecule has 12 nitrogen and oxygen atoms in total. The Morgan fingerprint density at radius 3 is 2.05 bits per heavy atom. The van der Waals surface area contributed by atoms with Crippen LogP contribution in [0.1, 0.15) is 85.2 Å². The van der Waals surface area contributed by atoms with Gasteiger partial charge < -0.3 is 29.7 Å². The number of carbonyl (C=O) groups is 3. The summed E-state index contributed by atoms with van der Waals surface area (Å²) in [6.45, 7) is 16.3. The van der Waals surface area contributed by atoms with Gasteiger partial charge in [-0.2, -0.15) is 0 Å². The van der Waals surface area contributed by atoms with Gasteiger partial charge in [0, 0.05) is 32.6 Å². The normalized spacial score (nSPS) is 15.7. The fourth-order valence-corrected chi connectivity index (χ4v) is 4.57. The summed E-state index contributed by atoms with van der Waals surface area (Å²) in [5.74, 6) is 0.210. The Morgan fingerprint density at radius 2 is 1.50 bits per heavy atom. The fraction of sp³-hybridized carbons (Fsp3) is 0.633. The first-order chi connectivity index (χ1) is 19.5. The summed E-state index contributed by atoms with van der Waals surface area (Å²) < 4.78 is 12.5. The standard InChI is InChI=1S/C30H46N6O6/c1-20(2)17-23(31-27(39)41-29(3,4)5)24-19-36(33-32-24)25(18-21-9-11-22(37)12-10-21)26(38)34-13-15-35(16-14-34)28(40)42-30(6,7)8/h9-12,19-20,23,25,37H,13-18H2,1-8H3,(H,31,39)/t23-,25-/m0/s1. The number of rotatable bonds is 8. The lowest BCUT2D eigenvalue weighted by molar-refractivity contribution is -0.136. The van der Waals surface area contributed by atoms with Gasteiger partial charge in [0.2, 0.25) is 5.91 Å². The first kappa shape index (κ1) is 32.7. The van der Waals surface area contributed by atoms with Crippen LogP contribution in [0.3, 0.4) is 0 Å². The van der Waals surface area contributed by atoms with Crippen LogP contribution in [0.5, 0.6) is 5.75 Å². The zero-order valence-corrected chi connectivity index (χ0v) is 26.1. The van der Waals surface area contributed by atoms with Crippen LogP contribution in [-0.4, -0.2) is 85.4 Å². The van der Waals surface area contributed by atoms with Gasteiger partial charge in [-0.1, -0.05) is 31.2 Å². The predicted octanol–water partition coefficient (Wildman–Crippen LogP) is 4.46. The van der Waals surface area contributed by atoms with E-state index in [1.54, 1.807) is 61.0 Å². The summed E-state index contributed by atoms with van der Waals surface area (Å²) in [6.07, 6.45) is 1.65. The molecule has 0 unspecified atom stereocenters. The molecule has 3 amide bonds. The molecule has 1 fully saturated rings. The van der Waals surface area contributed by atoms with Gasteiger partial charge in [0.25, 0.3) is 0 Å². The Morgan fingerprint density at radius 1 is 0.929 bits per heavy atom. The number of aromatic hydroxyl groups is 1. The van der Waals surface area contributed by atoms with E-state index >= 15 is 0 Å². The molecule has 12 heteroatoms. The predicted molar refractivity (Wildman–Crippen MR) is 157 cm³/mol. The number of benzene rings is 1. The van der Waals surface area contributed by atoms with Gasteiger partial charge in [0.05, 0.1) is 12.2 Å². The Bertz CT molecular complexity index is 1210. The Hall–Kier alpha value is -3.83. The van der Waals surface area contributed by atoms with Gasteiger partial charge in [0.1, 0.15) is 28.7 Å². The number of aromatic nitrogens is 3. The molecule has 42 heavy (non-hydrogen) atoms. The number of piperazine rings is 1. The van der Waals surface area contributed by atoms with Crippen LogP contribution in [-0.2, 0) is 20.7 Å². The number of phenols is 1. The Balaban J connectivity index is 1.82. The van der Waals surface area contributed by atoms with E-state index in [1.807, 2.05) is 34.6 Å². The average Bonchev–Trinajstić information content (AvgIpc) is 3.35. The van der Waals surface area contributed by atoms with E-state index < -0.39 is 35.5 Å². The van der Waals surface area contributed by atoms with E-state index in [0.717, 1.165) is 5.56 Å². The van der Waals surface area contributed by atoms with Crippen LogP contribution >= 0.6 is 0 Å². The number of carbonyl (C=O) groups excluding carboxylic acids is 3. The molecular formula is C30H46N6O6. The molecule has 2 atom stereocenters. The third-order valence-electron chi connectivity index (χ3n) is 6.50. The number of hydrogen-bond donors (Lipinski definition) is 2. The molecule has 1 saturated heterocycles. The Labute approximate surface area is 248 Å². The fourth-order valence-electron chi connectivity index (χ4n) is 4.57. The monoisotopic (exact) mass is 586 g/mol. The number of ether oxygens (including phenoxy) is 2. The second-order valence-corrected chi connectivity index (χ2v) is 13.1. The van der Waals surface area contributed by atoms with Crippen LogP contribution in [0, 0.1) is 5.92 Å². The largest absolute Gasteiger partial charge is 0.508 e. The number of alkyl carbamates (subject to hydrolysis) is 1. The SMILES string of the molecule is CC(C)C[C@H](NC(=O)OC(C)(C)C)c1cn([C@@H](Cc2ccc(O)cc2)C(=O)N2CCN(C(=O)OC(C)(C)C)CC2)nn1. The first-order valence-corrected chi connectivity index (χ1v) is 14.5. The number of amides is 3. The van der Waals surface area contributed by atoms with Crippen LogP contribution in [0.25, 0.3) is 0 Å². The van der Waals surface area contributed by atoms with Crippen molar-refractivity contribution in [1.82, 2.24) is 30.1 Å². The quantitative estimate of drug-likeness (QED) is 0.462. The molecule has 0 saturated carbocycles. The van der Waals surface area contributed by atoms with Crippen molar-refractivity contribution in [3.05, 3.63) is 41.7 Å². The summed E-state index contributed by atoms with van der Waals surface area (Å²) in [4.78, 5) is 42.4. The lowest BCUT2D eigenvalue weighted by atomic mass is 10.0. The van der Waals surface area contributed by atoms with Gasteiger partial charge in [-0.05, 0) is 71.6 Å². The molecule has 232 valence electrons. The summed E-state index contributed by atoms with van der Waals surface area (Å²) in [5.41, 5.74) is 0.101. The first-order valence-electron chi connectivity index (χ1n) is 14.5. The lowest BCUT2D eigenvalue weighted by Gasteiger charge is -2.37. The van der Waals surface area contributed by atoms with Crippen molar-refractivity contribution < 1.29 is 29.0 Å². The van der Waals surface area contributed by atoms with Crippen LogP contribution in [0.15, 0.2) is 30.5 Å². The van der Waals surface area contributed by atoms with Crippen molar-refractivity contribution in [2.75, 3.05) is 26.2 Å². The molecular weight excluding hydrogens is 540 g/mol. The maximum absolute atomic E-state index is 13.9. The van der Waals surface area contributed by atoms with Crippen molar-refractivity contribution in [3.8, 4) is 5.75 Å². The van der Waals surface area contributed by atoms with Crippen LogP contribution in [0.4, 0.5) is 9.59 Å². The minimum absolute atomic E-state index is 0.132. The number of phenolic OH excluding ortho intramolecular Hbond substituents is 1. The highest BCUT2D eigenvalue weighted by atomic mass is 16.6. The van der Waals surface area contributed by atoms with Crippen LogP contribution in [0.2, 0.25) is 0 Å². The maximum Gasteiger partial charge on any atom is 0.410 e. The van der Waals surface area contributed by atoms with Crippen LogP contribution < -0.4 is 5.32 Å². The minimum atomic E-state index is -0.731. The molecule has 1 aromatic carbocycles. The van der Waals surface area contributed by atoms with E-state index in [4.69, 9.17) is 9.47 Å². The molecule has 2 N–H and O–H groups in total. The molecule has 0 bridgehead atoms. The summed E-state index contributed by atoms with van der Waals surface area (Å²) in [5, 5.41) is 21.3. The second-order valence-electron chi connectivity index (χ2n) is 13.1. The zero-order valence-electron chi connectivity index (χ0n) is 26.1. The smallest absolute Gasteiger partial charge is 0.410 e. The molecule has 1 aliphatic heterocycles. The zero-order chi connectivity index (χ0) is 31.2. The van der Waals surface area contributed by atoms with E-state index in [1.165, 1.54) is 4.68 Å². The number of nitrogens with one attached hydrogen (secondary N) is 1. The summed E-state index contributed by atoms with van der Waals surface area (Å²) >= 11 is 0. The lowest BCUT2D eigenvalue weighted by Crippen LogP contribution is -2.53. The van der Waals surface area contributed by atoms with Gasteiger partial charge in [0.15, 0.2) is 0 Å². The van der Waals surface area contributed by atoms with Crippen molar-refractivity contribution in [3.63, 3.8) is 0 Å². The highest BCUT2D eigenvalue weighted by molar-refractivity contribution is 5.81. The maximum atomic E-state index is 13.9. The van der Waals surface area contributed by atoms with Crippen molar-refractivity contribution in [1.29, 1.82) is 0 Å². The van der Waals surface area contributed by atoms with Gasteiger partial charge >= 0.3 is 12.2 Å². The van der Waals surface area contributed by atoms with Gasteiger partial charge in [-0.25, -0.2) is 14.3 Å². The van der Waals surface area contributed by atoms with E-state index in [0.29, 0.717) is 44.7 Å². The van der Waals surface area contributed by atoms with Crippen molar-refractivity contribution >= 4 is 18.1 Å². The van der Waals surface area contributed by atoms with E-state index in [-0.39, 0.29) is 17.6 Å². The van der Waals surface area contributed by atoms with Crippen molar-refractivity contribution in [2.24, 2.45) is 5.92 Å². The molecule has 1 aromatic heterocycles. The molecule has 2 aromatic rings. The molecule has 0 spiro atoms. The minimum Gasteiger partial charge on any atom is -0.508 e. The van der Waals surface area contributed by atoms with Crippen molar-refractivity contribution in [2.45, 2.75) is 91.5 Å². The second kappa shape index (κ2) is 13.4. The summed E-state index contributed by atoms with van der Waals surface area (Å²) in [6, 6.07) is 5.48. The average molecular weight is 587 g/mol. The third kappa shape index (κ3) is 9.92. The molecule has 1 aliphatic rings. The molecule has 0 radical (unpaired) electrons. The highest BCUT2D eigenvalue weighted by Gasteiger charge is 2.33. The molecule has 3 rings (SSSR count). The van der Waals surface area contributed by atoms with Gasteiger partial charge in [-0.15, -0.1) is 5.10 Å². The van der Waals surface area contributed by atoms with E-state index in [9.17, 15) is 19.5 Å². The topological polar surface area (TPSA) is 139 Å².